The van der Waals surface area contributed by atoms with Crippen molar-refractivity contribution >= 4 is 10.0 Å². The van der Waals surface area contributed by atoms with Crippen molar-refractivity contribution in [1.29, 1.82) is 0 Å². The van der Waals surface area contributed by atoms with E-state index in [1.54, 1.807) is 32.4 Å². The number of hydrogen-bond donors (Lipinski definition) is 0. The Bertz CT molecular complexity index is 861. The lowest BCUT2D eigenvalue weighted by atomic mass is 10.0. The first kappa shape index (κ1) is 16.8. The smallest absolute Gasteiger partial charge is 0.243 e. The first-order valence-electron chi connectivity index (χ1n) is 7.76. The average molecular weight is 347 g/mol. The van der Waals surface area contributed by atoms with Gasteiger partial charge in [0.15, 0.2) is 0 Å². The molecular weight excluding hydrogens is 326 g/mol. The molecule has 0 amide bonds. The van der Waals surface area contributed by atoms with Gasteiger partial charge in [0, 0.05) is 13.1 Å². The highest BCUT2D eigenvalue weighted by Gasteiger charge is 2.28. The zero-order valence-corrected chi connectivity index (χ0v) is 14.9. The van der Waals surface area contributed by atoms with Gasteiger partial charge in [0.05, 0.1) is 19.1 Å². The Morgan fingerprint density at radius 1 is 1.00 bits per heavy atom. The molecule has 0 spiro atoms. The molecule has 0 bridgehead atoms. The fourth-order valence-corrected chi connectivity index (χ4v) is 4.50. The summed E-state index contributed by atoms with van der Waals surface area (Å²) in [5.74, 6) is 1.49. The maximum Gasteiger partial charge on any atom is 0.243 e. The molecule has 0 saturated carbocycles. The summed E-state index contributed by atoms with van der Waals surface area (Å²) in [6.45, 7) is 2.69. The van der Waals surface area contributed by atoms with Gasteiger partial charge in [-0.1, -0.05) is 6.07 Å². The Labute approximate surface area is 142 Å². The van der Waals surface area contributed by atoms with Gasteiger partial charge in [-0.05, 0) is 60.4 Å². The predicted octanol–water partition coefficient (Wildman–Crippen LogP) is 2.76. The standard InChI is InChI=1S/C18H21NO4S/c1-13-10-17(6-7-18(13)23-3)24(20,21)19-9-8-14-11-16(22-2)5-4-15(14)12-19/h4-7,10-11H,8-9,12H2,1-3H3. The fraction of sp³-hybridized carbons (Fsp3) is 0.333. The van der Waals surface area contributed by atoms with E-state index in [4.69, 9.17) is 9.47 Å². The van der Waals surface area contributed by atoms with E-state index in [1.807, 2.05) is 25.1 Å². The molecule has 0 radical (unpaired) electrons. The van der Waals surface area contributed by atoms with Crippen molar-refractivity contribution in [2.24, 2.45) is 0 Å². The van der Waals surface area contributed by atoms with Crippen LogP contribution in [0.15, 0.2) is 41.3 Å². The fourth-order valence-electron chi connectivity index (χ4n) is 3.00. The molecule has 0 unspecified atom stereocenters. The Morgan fingerprint density at radius 3 is 2.46 bits per heavy atom. The number of fused-ring (bicyclic) bond motifs is 1. The molecule has 0 aromatic heterocycles. The summed E-state index contributed by atoms with van der Waals surface area (Å²) in [7, 11) is -0.313. The van der Waals surface area contributed by atoms with Crippen molar-refractivity contribution in [3.63, 3.8) is 0 Å². The van der Waals surface area contributed by atoms with Crippen LogP contribution in [0.1, 0.15) is 16.7 Å². The molecule has 2 aromatic rings. The van der Waals surface area contributed by atoms with Crippen LogP contribution in [0.2, 0.25) is 0 Å². The van der Waals surface area contributed by atoms with E-state index in [2.05, 4.69) is 0 Å². The largest absolute Gasteiger partial charge is 0.497 e. The summed E-state index contributed by atoms with van der Waals surface area (Å²) in [5.41, 5.74) is 2.98. The van der Waals surface area contributed by atoms with Crippen molar-refractivity contribution in [3.8, 4) is 11.5 Å². The van der Waals surface area contributed by atoms with Crippen molar-refractivity contribution in [2.45, 2.75) is 24.8 Å². The van der Waals surface area contributed by atoms with Gasteiger partial charge >= 0.3 is 0 Å². The average Bonchev–Trinajstić information content (AvgIpc) is 2.60. The third-order valence-electron chi connectivity index (χ3n) is 4.39. The second-order valence-electron chi connectivity index (χ2n) is 5.85. The van der Waals surface area contributed by atoms with Crippen LogP contribution >= 0.6 is 0 Å². The van der Waals surface area contributed by atoms with E-state index in [0.29, 0.717) is 30.2 Å². The molecule has 0 aliphatic carbocycles. The molecule has 1 heterocycles. The summed E-state index contributed by atoms with van der Waals surface area (Å²) in [6, 6.07) is 10.8. The highest BCUT2D eigenvalue weighted by molar-refractivity contribution is 7.89. The normalized spacial score (nSPS) is 15.0. The van der Waals surface area contributed by atoms with Gasteiger partial charge in [-0.25, -0.2) is 8.42 Å². The highest BCUT2D eigenvalue weighted by Crippen LogP contribution is 2.29. The Hall–Kier alpha value is -2.05. The van der Waals surface area contributed by atoms with E-state index in [1.165, 1.54) is 4.31 Å². The molecule has 2 aromatic carbocycles. The third-order valence-corrected chi connectivity index (χ3v) is 6.24. The molecular formula is C18H21NO4S. The summed E-state index contributed by atoms with van der Waals surface area (Å²) in [6.07, 6.45) is 0.681. The minimum absolute atomic E-state index is 0.303. The van der Waals surface area contributed by atoms with Gasteiger partial charge in [-0.3, -0.25) is 0 Å². The summed E-state index contributed by atoms with van der Waals surface area (Å²) in [5, 5.41) is 0. The highest BCUT2D eigenvalue weighted by atomic mass is 32.2. The lowest BCUT2D eigenvalue weighted by molar-refractivity contribution is 0.386. The number of rotatable bonds is 4. The molecule has 5 nitrogen and oxygen atoms in total. The van der Waals surface area contributed by atoms with Crippen molar-refractivity contribution in [1.82, 2.24) is 4.31 Å². The minimum atomic E-state index is -3.52. The molecule has 0 saturated heterocycles. The second-order valence-corrected chi connectivity index (χ2v) is 7.79. The monoisotopic (exact) mass is 347 g/mol. The van der Waals surface area contributed by atoms with Crippen LogP contribution in [0.5, 0.6) is 11.5 Å². The number of hydrogen-bond acceptors (Lipinski definition) is 4. The molecule has 128 valence electrons. The van der Waals surface area contributed by atoms with E-state index < -0.39 is 10.0 Å². The van der Waals surface area contributed by atoms with Crippen LogP contribution in [0.4, 0.5) is 0 Å². The summed E-state index contributed by atoms with van der Waals surface area (Å²) in [4.78, 5) is 0.303. The lowest BCUT2D eigenvalue weighted by Crippen LogP contribution is -2.36. The van der Waals surface area contributed by atoms with Crippen LogP contribution in [0.25, 0.3) is 0 Å². The van der Waals surface area contributed by atoms with Crippen LogP contribution in [0.3, 0.4) is 0 Å². The van der Waals surface area contributed by atoms with Gasteiger partial charge in [-0.15, -0.1) is 0 Å². The van der Waals surface area contributed by atoms with Crippen molar-refractivity contribution in [3.05, 3.63) is 53.1 Å². The van der Waals surface area contributed by atoms with Crippen LogP contribution in [0, 0.1) is 6.92 Å². The SMILES string of the molecule is COc1ccc2c(c1)CCN(S(=O)(=O)c1ccc(OC)c(C)c1)C2. The summed E-state index contributed by atoms with van der Waals surface area (Å²) >= 11 is 0. The zero-order chi connectivity index (χ0) is 17.3. The van der Waals surface area contributed by atoms with Crippen LogP contribution in [-0.4, -0.2) is 33.5 Å². The summed E-state index contributed by atoms with van der Waals surface area (Å²) < 4.78 is 37.8. The maximum absolute atomic E-state index is 12.9. The number of sulfonamides is 1. The molecule has 6 heteroatoms. The number of nitrogens with zero attached hydrogens (tertiary/aromatic N) is 1. The molecule has 3 rings (SSSR count). The zero-order valence-electron chi connectivity index (χ0n) is 14.1. The van der Waals surface area contributed by atoms with Gasteiger partial charge in [-0.2, -0.15) is 4.31 Å². The van der Waals surface area contributed by atoms with Crippen LogP contribution in [-0.2, 0) is 23.0 Å². The van der Waals surface area contributed by atoms with Crippen LogP contribution < -0.4 is 9.47 Å². The van der Waals surface area contributed by atoms with E-state index in [-0.39, 0.29) is 0 Å². The predicted molar refractivity (Wildman–Crippen MR) is 92.0 cm³/mol. The van der Waals surface area contributed by atoms with E-state index in [0.717, 1.165) is 22.4 Å². The van der Waals surface area contributed by atoms with Crippen molar-refractivity contribution in [2.75, 3.05) is 20.8 Å². The topological polar surface area (TPSA) is 55.8 Å². The Morgan fingerprint density at radius 2 is 1.79 bits per heavy atom. The molecule has 0 atom stereocenters. The van der Waals surface area contributed by atoms with Gasteiger partial charge in [0.25, 0.3) is 0 Å². The maximum atomic E-state index is 12.9. The second kappa shape index (κ2) is 6.45. The number of benzene rings is 2. The molecule has 1 aliphatic heterocycles. The molecule has 1 aliphatic rings. The molecule has 0 N–H and O–H groups in total. The molecule has 24 heavy (non-hydrogen) atoms. The first-order valence-corrected chi connectivity index (χ1v) is 9.20. The first-order chi connectivity index (χ1) is 11.5. The van der Waals surface area contributed by atoms with E-state index in [9.17, 15) is 8.42 Å². The van der Waals surface area contributed by atoms with Gasteiger partial charge in [0.2, 0.25) is 10.0 Å². The Balaban J connectivity index is 1.89. The molecule has 0 fully saturated rings. The number of methoxy groups -OCH3 is 2. The number of aryl methyl sites for hydroxylation is 1. The quantitative estimate of drug-likeness (QED) is 0.853. The Kier molecular flexibility index (Phi) is 4.51. The lowest BCUT2D eigenvalue weighted by Gasteiger charge is -2.28. The van der Waals surface area contributed by atoms with Crippen molar-refractivity contribution < 1.29 is 17.9 Å². The minimum Gasteiger partial charge on any atom is -0.497 e. The van der Waals surface area contributed by atoms with Gasteiger partial charge in [0.1, 0.15) is 11.5 Å². The number of ether oxygens (including phenoxy) is 2. The van der Waals surface area contributed by atoms with E-state index >= 15 is 0 Å². The van der Waals surface area contributed by atoms with Gasteiger partial charge < -0.3 is 9.47 Å². The third kappa shape index (κ3) is 2.99.